The minimum Gasteiger partial charge on any atom is -0.454 e. The first-order valence-electron chi connectivity index (χ1n) is 7.31. The van der Waals surface area contributed by atoms with Gasteiger partial charge in [0.15, 0.2) is 11.5 Å². The van der Waals surface area contributed by atoms with Gasteiger partial charge in [0.05, 0.1) is 5.69 Å². The molecule has 0 saturated heterocycles. The average molecular weight is 287 g/mol. The number of hydrogen-bond acceptors (Lipinski definition) is 4. The van der Waals surface area contributed by atoms with Gasteiger partial charge in [-0.3, -0.25) is 4.68 Å². The van der Waals surface area contributed by atoms with Crippen molar-refractivity contribution in [2.45, 2.75) is 32.4 Å². The van der Waals surface area contributed by atoms with Crippen LogP contribution in [0.4, 0.5) is 0 Å². The molecule has 1 aliphatic rings. The summed E-state index contributed by atoms with van der Waals surface area (Å²) < 4.78 is 12.6. The second-order valence-corrected chi connectivity index (χ2v) is 5.45. The van der Waals surface area contributed by atoms with Crippen LogP contribution in [0.3, 0.4) is 0 Å². The van der Waals surface area contributed by atoms with Crippen LogP contribution in [-0.2, 0) is 20.0 Å². The van der Waals surface area contributed by atoms with E-state index in [-0.39, 0.29) is 0 Å². The molecule has 1 aromatic heterocycles. The molecule has 21 heavy (non-hydrogen) atoms. The van der Waals surface area contributed by atoms with Crippen molar-refractivity contribution in [3.63, 3.8) is 0 Å². The smallest absolute Gasteiger partial charge is 0.231 e. The van der Waals surface area contributed by atoms with E-state index in [1.807, 2.05) is 30.1 Å². The Labute approximate surface area is 124 Å². The van der Waals surface area contributed by atoms with Crippen molar-refractivity contribution in [1.29, 1.82) is 0 Å². The van der Waals surface area contributed by atoms with Crippen LogP contribution in [0.5, 0.6) is 11.5 Å². The molecule has 5 nitrogen and oxygen atoms in total. The fourth-order valence-electron chi connectivity index (χ4n) is 2.44. The number of rotatable bonds is 6. The Morgan fingerprint density at radius 2 is 2.14 bits per heavy atom. The van der Waals surface area contributed by atoms with Gasteiger partial charge in [-0.1, -0.05) is 6.07 Å². The van der Waals surface area contributed by atoms with Crippen molar-refractivity contribution in [1.82, 2.24) is 15.1 Å². The number of fused-ring (bicyclic) bond motifs is 1. The zero-order chi connectivity index (χ0) is 14.7. The lowest BCUT2D eigenvalue weighted by atomic mass is 10.1. The lowest BCUT2D eigenvalue weighted by Gasteiger charge is -2.14. The maximum atomic E-state index is 5.41. The summed E-state index contributed by atoms with van der Waals surface area (Å²) in [6.07, 6.45) is 3.93. The Bertz CT molecular complexity index is 609. The van der Waals surface area contributed by atoms with Gasteiger partial charge >= 0.3 is 0 Å². The molecule has 2 aromatic rings. The minimum absolute atomic E-state index is 0.335. The second-order valence-electron chi connectivity index (χ2n) is 5.45. The molecule has 1 atom stereocenters. The molecular formula is C16H21N3O2. The third kappa shape index (κ3) is 3.36. The van der Waals surface area contributed by atoms with E-state index in [4.69, 9.17) is 9.47 Å². The fourth-order valence-corrected chi connectivity index (χ4v) is 2.44. The number of nitrogens with zero attached hydrogens (tertiary/aromatic N) is 2. The highest BCUT2D eigenvalue weighted by Crippen LogP contribution is 2.32. The SMILES string of the molecule is CC(CCc1ccc2c(c1)OCO2)NCc1ccnn1C. The quantitative estimate of drug-likeness (QED) is 0.885. The highest BCUT2D eigenvalue weighted by atomic mass is 16.7. The first kappa shape index (κ1) is 13.9. The van der Waals surface area contributed by atoms with Gasteiger partial charge in [0.2, 0.25) is 6.79 Å². The molecule has 1 aliphatic heterocycles. The molecule has 0 radical (unpaired) electrons. The minimum atomic E-state index is 0.335. The summed E-state index contributed by atoms with van der Waals surface area (Å²) in [5, 5.41) is 7.70. The third-order valence-corrected chi connectivity index (χ3v) is 3.86. The van der Waals surface area contributed by atoms with Gasteiger partial charge in [0, 0.05) is 25.8 Å². The number of ether oxygens (including phenoxy) is 2. The monoisotopic (exact) mass is 287 g/mol. The molecule has 5 heteroatoms. The topological polar surface area (TPSA) is 48.3 Å². The molecule has 3 rings (SSSR count). The molecule has 112 valence electrons. The van der Waals surface area contributed by atoms with E-state index in [9.17, 15) is 0 Å². The van der Waals surface area contributed by atoms with Gasteiger partial charge < -0.3 is 14.8 Å². The predicted molar refractivity (Wildman–Crippen MR) is 80.4 cm³/mol. The summed E-state index contributed by atoms with van der Waals surface area (Å²) in [5.74, 6) is 1.71. The summed E-state index contributed by atoms with van der Waals surface area (Å²) in [7, 11) is 1.97. The fraction of sp³-hybridized carbons (Fsp3) is 0.438. The van der Waals surface area contributed by atoms with Gasteiger partial charge in [-0.15, -0.1) is 0 Å². The maximum absolute atomic E-state index is 5.41. The van der Waals surface area contributed by atoms with Gasteiger partial charge in [0.1, 0.15) is 0 Å². The van der Waals surface area contributed by atoms with E-state index in [0.29, 0.717) is 12.8 Å². The lowest BCUT2D eigenvalue weighted by molar-refractivity contribution is 0.174. The second kappa shape index (κ2) is 6.18. The summed E-state index contributed by atoms with van der Waals surface area (Å²) in [4.78, 5) is 0. The molecule has 1 aromatic carbocycles. The predicted octanol–water partition coefficient (Wildman–Crippen LogP) is 2.26. The van der Waals surface area contributed by atoms with E-state index < -0.39 is 0 Å². The Balaban J connectivity index is 1.47. The highest BCUT2D eigenvalue weighted by molar-refractivity contribution is 5.44. The van der Waals surface area contributed by atoms with Crippen LogP contribution in [0.2, 0.25) is 0 Å². The van der Waals surface area contributed by atoms with Crippen LogP contribution in [0.25, 0.3) is 0 Å². The van der Waals surface area contributed by atoms with Crippen molar-refractivity contribution in [3.05, 3.63) is 41.7 Å². The molecule has 1 unspecified atom stereocenters. The van der Waals surface area contributed by atoms with E-state index in [1.165, 1.54) is 11.3 Å². The molecule has 0 spiro atoms. The van der Waals surface area contributed by atoms with Gasteiger partial charge in [-0.2, -0.15) is 5.10 Å². The van der Waals surface area contributed by atoms with Crippen LogP contribution in [0.1, 0.15) is 24.6 Å². The lowest BCUT2D eigenvalue weighted by Crippen LogP contribution is -2.26. The van der Waals surface area contributed by atoms with E-state index in [1.54, 1.807) is 0 Å². The summed E-state index contributed by atoms with van der Waals surface area (Å²) in [6.45, 7) is 3.39. The van der Waals surface area contributed by atoms with Gasteiger partial charge in [-0.25, -0.2) is 0 Å². The average Bonchev–Trinajstić information content (AvgIpc) is 3.11. The molecular weight excluding hydrogens is 266 g/mol. The van der Waals surface area contributed by atoms with Crippen LogP contribution < -0.4 is 14.8 Å². The largest absolute Gasteiger partial charge is 0.454 e. The van der Waals surface area contributed by atoms with Crippen molar-refractivity contribution in [3.8, 4) is 11.5 Å². The van der Waals surface area contributed by atoms with Gasteiger partial charge in [-0.05, 0) is 43.5 Å². The third-order valence-electron chi connectivity index (χ3n) is 3.86. The van der Waals surface area contributed by atoms with Crippen LogP contribution >= 0.6 is 0 Å². The number of aryl methyl sites for hydroxylation is 2. The van der Waals surface area contributed by atoms with Crippen molar-refractivity contribution in [2.75, 3.05) is 6.79 Å². The Morgan fingerprint density at radius 3 is 2.95 bits per heavy atom. The summed E-state index contributed by atoms with van der Waals surface area (Å²) >= 11 is 0. The first-order chi connectivity index (χ1) is 10.2. The number of aromatic nitrogens is 2. The molecule has 2 heterocycles. The Morgan fingerprint density at radius 1 is 1.29 bits per heavy atom. The first-order valence-corrected chi connectivity index (χ1v) is 7.31. The maximum Gasteiger partial charge on any atom is 0.231 e. The Kier molecular flexibility index (Phi) is 4.10. The number of benzene rings is 1. The van der Waals surface area contributed by atoms with Crippen LogP contribution in [0, 0.1) is 0 Å². The van der Waals surface area contributed by atoms with Gasteiger partial charge in [0.25, 0.3) is 0 Å². The van der Waals surface area contributed by atoms with Crippen molar-refractivity contribution >= 4 is 0 Å². The summed E-state index contributed by atoms with van der Waals surface area (Å²) in [6, 6.07) is 8.67. The van der Waals surface area contributed by atoms with Crippen LogP contribution in [-0.4, -0.2) is 22.6 Å². The van der Waals surface area contributed by atoms with E-state index in [0.717, 1.165) is 30.9 Å². The standard InChI is InChI=1S/C16H21N3O2/c1-12(17-10-14-7-8-18-19(14)2)3-4-13-5-6-15-16(9-13)21-11-20-15/h5-9,12,17H,3-4,10-11H2,1-2H3. The molecule has 0 aliphatic carbocycles. The van der Waals surface area contributed by atoms with Crippen molar-refractivity contribution < 1.29 is 9.47 Å². The molecule has 0 amide bonds. The molecule has 0 saturated carbocycles. The van der Waals surface area contributed by atoms with E-state index >= 15 is 0 Å². The van der Waals surface area contributed by atoms with Crippen LogP contribution in [0.15, 0.2) is 30.5 Å². The zero-order valence-corrected chi connectivity index (χ0v) is 12.5. The zero-order valence-electron chi connectivity index (χ0n) is 12.5. The Hall–Kier alpha value is -2.01. The molecule has 0 fully saturated rings. The molecule has 1 N–H and O–H groups in total. The highest BCUT2D eigenvalue weighted by Gasteiger charge is 2.13. The van der Waals surface area contributed by atoms with E-state index in [2.05, 4.69) is 29.5 Å². The number of hydrogen-bond donors (Lipinski definition) is 1. The molecule has 0 bridgehead atoms. The summed E-state index contributed by atoms with van der Waals surface area (Å²) in [5.41, 5.74) is 2.48. The van der Waals surface area contributed by atoms with Crippen molar-refractivity contribution in [2.24, 2.45) is 7.05 Å². The normalized spacial score (nSPS) is 14.4. The number of nitrogens with one attached hydrogen (secondary N) is 1.